The van der Waals surface area contributed by atoms with Crippen molar-refractivity contribution in [1.29, 1.82) is 0 Å². The van der Waals surface area contributed by atoms with E-state index in [0.717, 1.165) is 16.5 Å². The Morgan fingerprint density at radius 2 is 1.97 bits per heavy atom. The summed E-state index contributed by atoms with van der Waals surface area (Å²) in [6, 6.07) is 14.6. The first-order valence-corrected chi connectivity index (χ1v) is 9.56. The number of carbonyl (C=O) groups excluding carboxylic acids is 1. The third-order valence-corrected chi connectivity index (χ3v) is 5.01. The monoisotopic (exact) mass is 395 g/mol. The lowest BCUT2D eigenvalue weighted by atomic mass is 10.0. The Labute approximate surface area is 169 Å². The fourth-order valence-corrected chi connectivity index (χ4v) is 3.39. The summed E-state index contributed by atoms with van der Waals surface area (Å²) < 4.78 is 10.6. The molecular weight excluding hydrogens is 370 g/mol. The van der Waals surface area contributed by atoms with Crippen LogP contribution in [0.25, 0.3) is 11.0 Å². The number of aliphatic hydroxyl groups excluding tert-OH is 1. The van der Waals surface area contributed by atoms with Crippen molar-refractivity contribution in [1.82, 2.24) is 5.32 Å². The number of hydrogen-bond donors (Lipinski definition) is 2. The quantitative estimate of drug-likeness (QED) is 0.573. The van der Waals surface area contributed by atoms with Crippen LogP contribution in [0.2, 0.25) is 0 Å². The van der Waals surface area contributed by atoms with Crippen LogP contribution in [-0.2, 0) is 17.6 Å². The molecule has 1 atom stereocenters. The smallest absolute Gasteiger partial charge is 0.339 e. The Bertz CT molecular complexity index is 1040. The molecule has 0 aliphatic rings. The lowest BCUT2D eigenvalue weighted by Gasteiger charge is -2.16. The second-order valence-electron chi connectivity index (χ2n) is 6.99. The molecule has 0 aliphatic carbocycles. The zero-order valence-electron chi connectivity index (χ0n) is 16.6. The molecule has 0 saturated heterocycles. The SMILES string of the molecule is COc1ccc2c(C)c(CCC(=O)N[C@@H](CO)Cc3ccccc3)c(=O)oc2c1. The van der Waals surface area contributed by atoms with Gasteiger partial charge in [0.05, 0.1) is 19.8 Å². The molecule has 0 fully saturated rings. The number of carbonyl (C=O) groups is 1. The summed E-state index contributed by atoms with van der Waals surface area (Å²) >= 11 is 0. The molecule has 152 valence electrons. The average Bonchev–Trinajstić information content (AvgIpc) is 2.73. The molecule has 0 bridgehead atoms. The number of benzene rings is 2. The molecule has 1 heterocycles. The van der Waals surface area contributed by atoms with E-state index in [1.807, 2.05) is 43.3 Å². The minimum absolute atomic E-state index is 0.137. The molecule has 2 aromatic carbocycles. The van der Waals surface area contributed by atoms with Gasteiger partial charge in [-0.2, -0.15) is 0 Å². The van der Waals surface area contributed by atoms with E-state index in [1.165, 1.54) is 0 Å². The van der Waals surface area contributed by atoms with E-state index in [1.54, 1.807) is 19.2 Å². The van der Waals surface area contributed by atoms with Gasteiger partial charge in [0, 0.05) is 23.4 Å². The van der Waals surface area contributed by atoms with Gasteiger partial charge >= 0.3 is 5.63 Å². The lowest BCUT2D eigenvalue weighted by Crippen LogP contribution is -2.39. The second kappa shape index (κ2) is 9.39. The molecule has 2 N–H and O–H groups in total. The van der Waals surface area contributed by atoms with Crippen LogP contribution < -0.4 is 15.7 Å². The Balaban J connectivity index is 1.68. The Hall–Kier alpha value is -3.12. The maximum absolute atomic E-state index is 12.4. The molecule has 3 rings (SSSR count). The predicted octanol–water partition coefficient (Wildman–Crippen LogP) is 2.76. The number of ether oxygens (including phenoxy) is 1. The number of hydrogen-bond acceptors (Lipinski definition) is 5. The van der Waals surface area contributed by atoms with E-state index in [4.69, 9.17) is 9.15 Å². The van der Waals surface area contributed by atoms with Crippen LogP contribution >= 0.6 is 0 Å². The first-order valence-electron chi connectivity index (χ1n) is 9.56. The molecule has 0 radical (unpaired) electrons. The van der Waals surface area contributed by atoms with Crippen LogP contribution in [0, 0.1) is 6.92 Å². The van der Waals surface area contributed by atoms with Crippen LogP contribution in [0.15, 0.2) is 57.7 Å². The van der Waals surface area contributed by atoms with Gasteiger partial charge in [-0.15, -0.1) is 0 Å². The van der Waals surface area contributed by atoms with Gasteiger partial charge in [-0.05, 0) is 43.0 Å². The zero-order valence-corrected chi connectivity index (χ0v) is 16.6. The Kier molecular flexibility index (Phi) is 6.67. The van der Waals surface area contributed by atoms with Crippen molar-refractivity contribution in [2.24, 2.45) is 0 Å². The minimum atomic E-state index is -0.445. The summed E-state index contributed by atoms with van der Waals surface area (Å²) in [6.07, 6.45) is 0.950. The summed E-state index contributed by atoms with van der Waals surface area (Å²) in [5.74, 6) is 0.397. The standard InChI is InChI=1S/C23H25NO5/c1-15-19-9-8-18(28-2)13-21(19)29-23(27)20(15)10-11-22(26)24-17(14-25)12-16-6-4-3-5-7-16/h3-9,13,17,25H,10-12,14H2,1-2H3,(H,24,26)/t17-/m1/s1. The molecule has 6 heteroatoms. The van der Waals surface area contributed by atoms with Gasteiger partial charge < -0.3 is 19.6 Å². The van der Waals surface area contributed by atoms with Crippen molar-refractivity contribution in [3.05, 3.63) is 75.6 Å². The third-order valence-electron chi connectivity index (χ3n) is 5.01. The number of nitrogens with one attached hydrogen (secondary N) is 1. The molecule has 0 aliphatic heterocycles. The van der Waals surface area contributed by atoms with E-state index in [2.05, 4.69) is 5.32 Å². The predicted molar refractivity (Wildman–Crippen MR) is 111 cm³/mol. The fraction of sp³-hybridized carbons (Fsp3) is 0.304. The van der Waals surface area contributed by atoms with E-state index in [-0.39, 0.29) is 31.4 Å². The van der Waals surface area contributed by atoms with Crippen molar-refractivity contribution in [3.63, 3.8) is 0 Å². The minimum Gasteiger partial charge on any atom is -0.497 e. The van der Waals surface area contributed by atoms with Crippen molar-refractivity contribution >= 4 is 16.9 Å². The van der Waals surface area contributed by atoms with Crippen molar-refractivity contribution < 1.29 is 19.1 Å². The third kappa shape index (κ3) is 5.03. The molecule has 0 unspecified atom stereocenters. The maximum Gasteiger partial charge on any atom is 0.339 e. The highest BCUT2D eigenvalue weighted by Gasteiger charge is 2.16. The molecule has 1 amide bonds. The molecule has 3 aromatic rings. The number of rotatable bonds is 8. The lowest BCUT2D eigenvalue weighted by molar-refractivity contribution is -0.122. The number of methoxy groups -OCH3 is 1. The van der Waals surface area contributed by atoms with Crippen LogP contribution in [-0.4, -0.2) is 30.8 Å². The highest BCUT2D eigenvalue weighted by atomic mass is 16.5. The highest BCUT2D eigenvalue weighted by molar-refractivity contribution is 5.82. The van der Waals surface area contributed by atoms with Gasteiger partial charge in [-0.25, -0.2) is 4.79 Å². The first kappa shape index (κ1) is 20.6. The van der Waals surface area contributed by atoms with Crippen molar-refractivity contribution in [2.75, 3.05) is 13.7 Å². The number of fused-ring (bicyclic) bond motifs is 1. The summed E-state index contributed by atoms with van der Waals surface area (Å²) in [5, 5.41) is 13.2. The summed E-state index contributed by atoms with van der Waals surface area (Å²) in [5.41, 5.74) is 2.34. The number of aryl methyl sites for hydroxylation is 1. The van der Waals surface area contributed by atoms with Crippen molar-refractivity contribution in [3.8, 4) is 5.75 Å². The van der Waals surface area contributed by atoms with Gasteiger partial charge in [0.25, 0.3) is 0 Å². The molecule has 0 spiro atoms. The van der Waals surface area contributed by atoms with Crippen LogP contribution in [0.5, 0.6) is 5.75 Å². The van der Waals surface area contributed by atoms with E-state index in [9.17, 15) is 14.7 Å². The van der Waals surface area contributed by atoms with Crippen molar-refractivity contribution in [2.45, 2.75) is 32.2 Å². The molecule has 0 saturated carbocycles. The largest absolute Gasteiger partial charge is 0.497 e. The fourth-order valence-electron chi connectivity index (χ4n) is 3.39. The average molecular weight is 395 g/mol. The molecule has 6 nitrogen and oxygen atoms in total. The normalized spacial score (nSPS) is 12.0. The van der Waals surface area contributed by atoms with Crippen LogP contribution in [0.3, 0.4) is 0 Å². The van der Waals surface area contributed by atoms with Gasteiger partial charge in [-0.3, -0.25) is 4.79 Å². The summed E-state index contributed by atoms with van der Waals surface area (Å²) in [7, 11) is 1.55. The highest BCUT2D eigenvalue weighted by Crippen LogP contribution is 2.24. The zero-order chi connectivity index (χ0) is 20.8. The van der Waals surface area contributed by atoms with E-state index >= 15 is 0 Å². The van der Waals surface area contributed by atoms with E-state index in [0.29, 0.717) is 23.3 Å². The summed E-state index contributed by atoms with van der Waals surface area (Å²) in [6.45, 7) is 1.70. The summed E-state index contributed by atoms with van der Waals surface area (Å²) in [4.78, 5) is 24.8. The maximum atomic E-state index is 12.4. The molecular formula is C23H25NO5. The van der Waals surface area contributed by atoms with E-state index < -0.39 is 5.63 Å². The van der Waals surface area contributed by atoms with Gasteiger partial charge in [-0.1, -0.05) is 30.3 Å². The number of aliphatic hydroxyl groups is 1. The first-order chi connectivity index (χ1) is 14.0. The molecule has 1 aromatic heterocycles. The molecule has 29 heavy (non-hydrogen) atoms. The van der Waals surface area contributed by atoms with Gasteiger partial charge in [0.15, 0.2) is 0 Å². The van der Waals surface area contributed by atoms with Crippen LogP contribution in [0.1, 0.15) is 23.1 Å². The van der Waals surface area contributed by atoms with Crippen LogP contribution in [0.4, 0.5) is 0 Å². The van der Waals surface area contributed by atoms with Gasteiger partial charge in [0.1, 0.15) is 11.3 Å². The Morgan fingerprint density at radius 1 is 1.21 bits per heavy atom. The Morgan fingerprint density at radius 3 is 2.66 bits per heavy atom. The second-order valence-corrected chi connectivity index (χ2v) is 6.99. The topological polar surface area (TPSA) is 88.8 Å². The van der Waals surface area contributed by atoms with Gasteiger partial charge in [0.2, 0.25) is 5.91 Å². The number of amides is 1.